The van der Waals surface area contributed by atoms with E-state index >= 15 is 0 Å². The molecule has 1 atom stereocenters. The monoisotopic (exact) mass is 221 g/mol. The van der Waals surface area contributed by atoms with Crippen LogP contribution in [-0.2, 0) is 0 Å². The number of nitrogens with two attached hydrogens (primary N) is 1. The molecule has 0 saturated carbocycles. The first-order chi connectivity index (χ1) is 7.65. The van der Waals surface area contributed by atoms with Crippen molar-refractivity contribution in [1.29, 1.82) is 0 Å². The third-order valence-corrected chi connectivity index (χ3v) is 2.25. The van der Waals surface area contributed by atoms with Gasteiger partial charge in [-0.1, -0.05) is 0 Å². The molecule has 5 heteroatoms. The van der Waals surface area contributed by atoms with Crippen molar-refractivity contribution < 1.29 is 9.52 Å². The molecule has 1 aromatic heterocycles. The molecule has 0 bridgehead atoms. The van der Waals surface area contributed by atoms with Crippen molar-refractivity contribution in [2.24, 2.45) is 0 Å². The van der Waals surface area contributed by atoms with E-state index in [1.165, 1.54) is 0 Å². The predicted octanol–water partition coefficient (Wildman–Crippen LogP) is 1.59. The van der Waals surface area contributed by atoms with Gasteiger partial charge in [-0.25, -0.2) is 0 Å². The Morgan fingerprint density at radius 2 is 2.38 bits per heavy atom. The number of aliphatic hydroxyl groups excluding tert-OH is 1. The van der Waals surface area contributed by atoms with Gasteiger partial charge in [0.25, 0.3) is 6.01 Å². The van der Waals surface area contributed by atoms with Crippen molar-refractivity contribution in [3.63, 3.8) is 0 Å². The number of hydrogen-bond acceptors (Lipinski definition) is 5. The van der Waals surface area contributed by atoms with E-state index in [4.69, 9.17) is 15.3 Å². The average molecular weight is 221 g/mol. The highest BCUT2D eigenvalue weighted by Crippen LogP contribution is 2.20. The topological polar surface area (TPSA) is 84.3 Å². The van der Waals surface area contributed by atoms with Crippen molar-refractivity contribution >= 4 is 22.8 Å². The Balaban J connectivity index is 2.08. The van der Waals surface area contributed by atoms with Crippen molar-refractivity contribution in [1.82, 2.24) is 4.98 Å². The molecule has 0 amide bonds. The Labute approximate surface area is 93.3 Å². The smallest absolute Gasteiger partial charge is 0.295 e. The first kappa shape index (κ1) is 10.8. The number of nitrogens with zero attached hydrogens (tertiary/aromatic N) is 1. The minimum Gasteiger partial charge on any atom is -0.424 e. The largest absolute Gasteiger partial charge is 0.424 e. The number of fused-ring (bicyclic) bond motifs is 1. The molecule has 1 aromatic carbocycles. The fraction of sp³-hybridized carbons (Fsp3) is 0.364. The highest BCUT2D eigenvalue weighted by atomic mass is 16.4. The number of aliphatic hydroxyl groups is 1. The van der Waals surface area contributed by atoms with E-state index in [0.29, 0.717) is 30.3 Å². The lowest BCUT2D eigenvalue weighted by Crippen LogP contribution is -2.09. The van der Waals surface area contributed by atoms with E-state index in [9.17, 15) is 0 Å². The number of oxazole rings is 1. The van der Waals surface area contributed by atoms with Gasteiger partial charge in [-0.2, -0.15) is 4.98 Å². The summed E-state index contributed by atoms with van der Waals surface area (Å²) in [4.78, 5) is 4.23. The highest BCUT2D eigenvalue weighted by Gasteiger charge is 2.05. The maximum absolute atomic E-state index is 9.10. The van der Waals surface area contributed by atoms with Gasteiger partial charge >= 0.3 is 0 Å². The van der Waals surface area contributed by atoms with E-state index in [1.807, 2.05) is 0 Å². The Hall–Kier alpha value is -1.75. The maximum Gasteiger partial charge on any atom is 0.295 e. The molecular weight excluding hydrogens is 206 g/mol. The molecule has 0 aliphatic carbocycles. The summed E-state index contributed by atoms with van der Waals surface area (Å²) in [7, 11) is 0. The number of nitrogen functional groups attached to an aromatic ring is 1. The third kappa shape index (κ3) is 2.43. The van der Waals surface area contributed by atoms with Crippen LogP contribution in [0, 0.1) is 0 Å². The second-order valence-electron chi connectivity index (χ2n) is 3.81. The lowest BCUT2D eigenvalue weighted by molar-refractivity contribution is 0.188. The Morgan fingerprint density at radius 1 is 1.56 bits per heavy atom. The Morgan fingerprint density at radius 3 is 3.12 bits per heavy atom. The lowest BCUT2D eigenvalue weighted by Gasteiger charge is -2.03. The molecule has 0 aliphatic rings. The lowest BCUT2D eigenvalue weighted by atomic mass is 10.3. The summed E-state index contributed by atoms with van der Waals surface area (Å²) in [6, 6.07) is 5.78. The van der Waals surface area contributed by atoms with Crippen LogP contribution < -0.4 is 11.1 Å². The first-order valence-corrected chi connectivity index (χ1v) is 5.23. The molecule has 5 nitrogen and oxygen atoms in total. The summed E-state index contributed by atoms with van der Waals surface area (Å²) in [5, 5.41) is 12.1. The van der Waals surface area contributed by atoms with E-state index in [1.54, 1.807) is 25.1 Å². The molecule has 0 radical (unpaired) electrons. The fourth-order valence-corrected chi connectivity index (χ4v) is 1.41. The van der Waals surface area contributed by atoms with E-state index in [2.05, 4.69) is 10.3 Å². The number of benzene rings is 1. The molecule has 4 N–H and O–H groups in total. The minimum atomic E-state index is -0.326. The van der Waals surface area contributed by atoms with Crippen LogP contribution in [0.2, 0.25) is 0 Å². The van der Waals surface area contributed by atoms with Gasteiger partial charge in [0.05, 0.1) is 6.10 Å². The molecule has 0 saturated heterocycles. The molecular formula is C11H15N3O2. The number of aromatic nitrogens is 1. The summed E-state index contributed by atoms with van der Waals surface area (Å²) in [6.07, 6.45) is 0.327. The second kappa shape index (κ2) is 4.40. The molecule has 0 spiro atoms. The van der Waals surface area contributed by atoms with Crippen LogP contribution in [0.3, 0.4) is 0 Å². The van der Waals surface area contributed by atoms with Crippen LogP contribution in [0.5, 0.6) is 0 Å². The Kier molecular flexibility index (Phi) is 2.96. The van der Waals surface area contributed by atoms with Gasteiger partial charge in [-0.3, -0.25) is 0 Å². The van der Waals surface area contributed by atoms with Crippen LogP contribution >= 0.6 is 0 Å². The zero-order valence-corrected chi connectivity index (χ0v) is 9.10. The normalized spacial score (nSPS) is 12.9. The molecule has 0 fully saturated rings. The van der Waals surface area contributed by atoms with Crippen LogP contribution in [-0.4, -0.2) is 22.7 Å². The highest BCUT2D eigenvalue weighted by molar-refractivity contribution is 5.78. The number of nitrogens with one attached hydrogen (secondary N) is 1. The maximum atomic E-state index is 9.10. The van der Waals surface area contributed by atoms with Gasteiger partial charge in [0, 0.05) is 12.2 Å². The van der Waals surface area contributed by atoms with Crippen LogP contribution in [0.4, 0.5) is 11.7 Å². The molecule has 86 valence electrons. The zero-order valence-electron chi connectivity index (χ0n) is 9.10. The first-order valence-electron chi connectivity index (χ1n) is 5.23. The van der Waals surface area contributed by atoms with Crippen LogP contribution in [0.1, 0.15) is 13.3 Å². The SMILES string of the molecule is CC(O)CCNc1nc2cc(N)ccc2o1. The van der Waals surface area contributed by atoms with Crippen LogP contribution in [0.15, 0.2) is 22.6 Å². The zero-order chi connectivity index (χ0) is 11.5. The van der Waals surface area contributed by atoms with Crippen molar-refractivity contribution in [2.75, 3.05) is 17.6 Å². The summed E-state index contributed by atoms with van der Waals surface area (Å²) in [5.41, 5.74) is 7.74. The number of anilines is 2. The van der Waals surface area contributed by atoms with Gasteiger partial charge in [-0.15, -0.1) is 0 Å². The predicted molar refractivity (Wildman–Crippen MR) is 63.2 cm³/mol. The molecule has 2 rings (SSSR count). The Bertz CT molecular complexity index is 479. The van der Waals surface area contributed by atoms with Gasteiger partial charge in [0.15, 0.2) is 5.58 Å². The van der Waals surface area contributed by atoms with E-state index < -0.39 is 0 Å². The molecule has 1 heterocycles. The van der Waals surface area contributed by atoms with E-state index in [-0.39, 0.29) is 6.10 Å². The van der Waals surface area contributed by atoms with Gasteiger partial charge < -0.3 is 20.6 Å². The van der Waals surface area contributed by atoms with Crippen molar-refractivity contribution in [2.45, 2.75) is 19.4 Å². The average Bonchev–Trinajstić information content (AvgIpc) is 2.58. The number of hydrogen-bond donors (Lipinski definition) is 3. The standard InChI is InChI=1S/C11H15N3O2/c1-7(15)4-5-13-11-14-9-6-8(12)2-3-10(9)16-11/h2-3,6-7,15H,4-5,12H2,1H3,(H,13,14). The van der Waals surface area contributed by atoms with Gasteiger partial charge in [0.1, 0.15) is 5.52 Å². The summed E-state index contributed by atoms with van der Waals surface area (Å²) in [5.74, 6) is 0. The molecule has 16 heavy (non-hydrogen) atoms. The summed E-state index contributed by atoms with van der Waals surface area (Å²) in [6.45, 7) is 2.37. The van der Waals surface area contributed by atoms with Gasteiger partial charge in [0.2, 0.25) is 0 Å². The molecule has 2 aromatic rings. The summed E-state index contributed by atoms with van der Waals surface area (Å²) >= 11 is 0. The molecule has 0 aliphatic heterocycles. The quantitative estimate of drug-likeness (QED) is 0.683. The van der Waals surface area contributed by atoms with Crippen molar-refractivity contribution in [3.8, 4) is 0 Å². The molecule has 1 unspecified atom stereocenters. The fourth-order valence-electron chi connectivity index (χ4n) is 1.41. The van der Waals surface area contributed by atoms with E-state index in [0.717, 1.165) is 5.52 Å². The van der Waals surface area contributed by atoms with Crippen LogP contribution in [0.25, 0.3) is 11.1 Å². The minimum absolute atomic E-state index is 0.326. The number of rotatable bonds is 4. The second-order valence-corrected chi connectivity index (χ2v) is 3.81. The summed E-state index contributed by atoms with van der Waals surface area (Å²) < 4.78 is 5.45. The van der Waals surface area contributed by atoms with Gasteiger partial charge in [-0.05, 0) is 31.5 Å². The van der Waals surface area contributed by atoms with Crippen molar-refractivity contribution in [3.05, 3.63) is 18.2 Å². The third-order valence-electron chi connectivity index (χ3n) is 2.25.